The van der Waals surface area contributed by atoms with Gasteiger partial charge in [-0.3, -0.25) is 0 Å². The molecule has 0 fully saturated rings. The molecule has 0 aliphatic carbocycles. The summed E-state index contributed by atoms with van der Waals surface area (Å²) in [5.74, 6) is 1.27. The molecule has 0 saturated heterocycles. The first-order chi connectivity index (χ1) is 21.0. The van der Waals surface area contributed by atoms with Crippen LogP contribution in [0.4, 0.5) is 0 Å². The minimum absolute atomic E-state index is 0. The van der Waals surface area contributed by atoms with Crippen molar-refractivity contribution in [1.82, 2.24) is 18.7 Å². The average Bonchev–Trinajstić information content (AvgIpc) is 3.58. The number of imidazole rings is 1. The van der Waals surface area contributed by atoms with Gasteiger partial charge in [-0.05, 0) is 52.6 Å². The van der Waals surface area contributed by atoms with Gasteiger partial charge in [-0.1, -0.05) is 51.4 Å². The van der Waals surface area contributed by atoms with Crippen LogP contribution in [-0.2, 0) is 33.5 Å². The van der Waals surface area contributed by atoms with Crippen molar-refractivity contribution in [2.75, 3.05) is 0 Å². The van der Waals surface area contributed by atoms with Crippen molar-refractivity contribution in [1.29, 1.82) is 0 Å². The third kappa shape index (κ3) is 4.50. The Morgan fingerprint density at radius 3 is 2.33 bits per heavy atom. The van der Waals surface area contributed by atoms with Crippen molar-refractivity contribution in [3.05, 3.63) is 132 Å². The maximum atomic E-state index is 8.06. The molecule has 0 unspecified atom stereocenters. The number of aromatic nitrogens is 4. The van der Waals surface area contributed by atoms with Crippen LogP contribution in [0, 0.1) is 12.1 Å². The van der Waals surface area contributed by atoms with Crippen molar-refractivity contribution in [3.8, 4) is 11.5 Å². The maximum Gasteiger partial charge on any atom is 0.188 e. The number of hydrogen-bond donors (Lipinski definition) is 0. The van der Waals surface area contributed by atoms with Crippen molar-refractivity contribution in [2.45, 2.75) is 39.0 Å². The van der Waals surface area contributed by atoms with Crippen LogP contribution in [0.3, 0.4) is 0 Å². The zero-order chi connectivity index (χ0) is 30.8. The average molecular weight is 732 g/mol. The summed E-state index contributed by atoms with van der Waals surface area (Å²) < 4.78 is 29.7. The molecule has 7 rings (SSSR count). The van der Waals surface area contributed by atoms with Crippen LogP contribution in [-0.4, -0.2) is 18.7 Å². The molecule has 0 aliphatic rings. The molecule has 0 spiro atoms. The van der Waals surface area contributed by atoms with Crippen LogP contribution in [0.5, 0.6) is 0 Å². The van der Waals surface area contributed by atoms with Gasteiger partial charge in [-0.2, -0.15) is 35.9 Å². The Kier molecular flexibility index (Phi) is 6.25. The predicted octanol–water partition coefficient (Wildman–Crippen LogP) is 8.79. The van der Waals surface area contributed by atoms with Gasteiger partial charge in [-0.25, -0.2) is 14.1 Å². The van der Waals surface area contributed by atoms with Crippen LogP contribution < -0.4 is 0 Å². The van der Waals surface area contributed by atoms with Gasteiger partial charge in [0, 0.05) is 61.7 Å². The largest absolute Gasteiger partial charge is 0.319 e. The molecule has 3 heterocycles. The van der Waals surface area contributed by atoms with E-state index in [-0.39, 0.29) is 21.1 Å². The second-order valence-electron chi connectivity index (χ2n) is 11.5. The molecule has 7 aromatic rings. The van der Waals surface area contributed by atoms with Gasteiger partial charge in [0.15, 0.2) is 17.4 Å². The Labute approximate surface area is 265 Å². The minimum Gasteiger partial charge on any atom is -0.319 e. The Morgan fingerprint density at radius 2 is 1.55 bits per heavy atom. The van der Waals surface area contributed by atoms with E-state index in [0.29, 0.717) is 11.4 Å². The molecule has 0 radical (unpaired) electrons. The summed E-state index contributed by atoms with van der Waals surface area (Å²) in [6.45, 7) is 6.46. The van der Waals surface area contributed by atoms with E-state index in [1.807, 2.05) is 47.2 Å². The Morgan fingerprint density at radius 1 is 0.810 bits per heavy atom. The molecule has 0 amide bonds. The van der Waals surface area contributed by atoms with E-state index in [0.717, 1.165) is 50.0 Å². The van der Waals surface area contributed by atoms with Gasteiger partial charge in [0.25, 0.3) is 0 Å². The molecule has 4 aromatic carbocycles. The molecule has 0 atom stereocenters. The van der Waals surface area contributed by atoms with E-state index in [4.69, 9.17) is 9.10 Å². The van der Waals surface area contributed by atoms with Gasteiger partial charge >= 0.3 is 0 Å². The fourth-order valence-electron chi connectivity index (χ4n) is 5.82. The monoisotopic (exact) mass is 731 g/mol. The minimum atomic E-state index is -2.30. The molecule has 5 heteroatoms. The van der Waals surface area contributed by atoms with Gasteiger partial charge in [-0.15, -0.1) is 23.1 Å². The first-order valence-electron chi connectivity index (χ1n) is 15.5. The van der Waals surface area contributed by atoms with Crippen molar-refractivity contribution in [2.24, 2.45) is 6.98 Å². The number of hydrogen-bond acceptors (Lipinski definition) is 1. The van der Waals surface area contributed by atoms with E-state index in [9.17, 15) is 0 Å². The van der Waals surface area contributed by atoms with Crippen molar-refractivity contribution in [3.63, 3.8) is 0 Å². The molecular formula is C37H33N4Pt-. The SMILES string of the molecule is [2H]C([2H])([2H])n1[cH+]n(-c2[c-]c(C(C)(C)c3[c-]c4c(cc3)c3ccccc3n4-c3cc(C(C)C)ccn3)ccc2)c2ccccc21.[Pt]. The molecule has 3 aromatic heterocycles. The number of benzene rings is 4. The number of pyridine rings is 1. The first-order valence-corrected chi connectivity index (χ1v) is 14.0. The zero-order valence-electron chi connectivity index (χ0n) is 27.0. The van der Waals surface area contributed by atoms with E-state index in [2.05, 4.69) is 99.0 Å². The third-order valence-corrected chi connectivity index (χ3v) is 8.27. The van der Waals surface area contributed by atoms with Gasteiger partial charge in [0.1, 0.15) is 5.82 Å². The number of rotatable bonds is 5. The van der Waals surface area contributed by atoms with E-state index in [1.54, 1.807) is 6.33 Å². The Bertz CT molecular complexity index is 2190. The van der Waals surface area contributed by atoms with Gasteiger partial charge in [0.05, 0.1) is 0 Å². The quantitative estimate of drug-likeness (QED) is 0.163. The van der Waals surface area contributed by atoms with E-state index in [1.165, 1.54) is 10.1 Å². The summed E-state index contributed by atoms with van der Waals surface area (Å²) in [5, 5.41) is 2.29. The molecule has 4 nitrogen and oxygen atoms in total. The first kappa shape index (κ1) is 24.6. The fourth-order valence-corrected chi connectivity index (χ4v) is 5.82. The summed E-state index contributed by atoms with van der Waals surface area (Å²) in [4.78, 5) is 4.80. The molecule has 0 saturated carbocycles. The van der Waals surface area contributed by atoms with Gasteiger partial charge in [0.2, 0.25) is 0 Å². The summed E-state index contributed by atoms with van der Waals surface area (Å²) in [6.07, 6.45) is 3.54. The van der Waals surface area contributed by atoms with Crippen LogP contribution in [0.25, 0.3) is 44.3 Å². The van der Waals surface area contributed by atoms with Crippen LogP contribution in [0.2, 0.25) is 0 Å². The van der Waals surface area contributed by atoms with Gasteiger partial charge < -0.3 is 4.57 Å². The summed E-state index contributed by atoms with van der Waals surface area (Å²) in [7, 11) is 0. The van der Waals surface area contributed by atoms with E-state index >= 15 is 0 Å². The summed E-state index contributed by atoms with van der Waals surface area (Å²) >= 11 is 0. The van der Waals surface area contributed by atoms with Crippen LogP contribution in [0.1, 0.15) is 54.4 Å². The molecule has 0 aliphatic heterocycles. The molecule has 212 valence electrons. The maximum absolute atomic E-state index is 8.06. The van der Waals surface area contributed by atoms with Crippen LogP contribution in [0.15, 0.2) is 104 Å². The van der Waals surface area contributed by atoms with Crippen molar-refractivity contribution >= 4 is 32.8 Å². The van der Waals surface area contributed by atoms with E-state index < -0.39 is 12.4 Å². The number of para-hydroxylation sites is 3. The summed E-state index contributed by atoms with van der Waals surface area (Å²) in [5.41, 5.74) is 7.09. The molecule has 0 N–H and O–H groups in total. The van der Waals surface area contributed by atoms with Crippen LogP contribution >= 0.6 is 0 Å². The third-order valence-electron chi connectivity index (χ3n) is 8.27. The number of fused-ring (bicyclic) bond motifs is 4. The standard InChI is InChI=1S/C37H33N4.Pt/c1-25(2)26-19-20-38-36(21-26)41-32-14-7-6-13-30(32)31-18-17-28(23-35(31)41)37(3,4)27-11-10-12-29(22-27)40-24-39(5)33-15-8-9-16-34(33)40;/h6-21,24-25H,1-5H3;/q-1;/i5D3;. The second-order valence-corrected chi connectivity index (χ2v) is 11.5. The molecule has 0 bridgehead atoms. The second kappa shape index (κ2) is 10.7. The Hall–Kier alpha value is -4.01. The number of nitrogens with zero attached hydrogens (tertiary/aromatic N) is 4. The zero-order valence-corrected chi connectivity index (χ0v) is 26.3. The Balaban J connectivity index is 0.00000357. The predicted molar refractivity (Wildman–Crippen MR) is 169 cm³/mol. The topological polar surface area (TPSA) is 27.7 Å². The summed E-state index contributed by atoms with van der Waals surface area (Å²) in [6, 6.07) is 38.1. The van der Waals surface area contributed by atoms with Crippen molar-refractivity contribution < 1.29 is 25.2 Å². The molecular weight excluding hydrogens is 696 g/mol. The normalized spacial score (nSPS) is 13.3. The number of aryl methyl sites for hydroxylation is 1. The fraction of sp³-hybridized carbons (Fsp3) is 0.189. The smallest absolute Gasteiger partial charge is 0.188 e. The molecule has 42 heavy (non-hydrogen) atoms.